The average molecular weight is 290 g/mol. The second kappa shape index (κ2) is 5.42. The molecule has 0 aromatic carbocycles. The summed E-state index contributed by atoms with van der Waals surface area (Å²) in [4.78, 5) is 26.1. The lowest BCUT2D eigenvalue weighted by atomic mass is 9.96. The molecule has 2 aliphatic rings. The van der Waals surface area contributed by atoms with E-state index in [9.17, 15) is 9.59 Å². The van der Waals surface area contributed by atoms with E-state index in [2.05, 4.69) is 5.32 Å². The number of rotatable bonds is 3. The minimum atomic E-state index is 0.0272. The van der Waals surface area contributed by atoms with Crippen molar-refractivity contribution in [3.63, 3.8) is 0 Å². The van der Waals surface area contributed by atoms with Crippen LogP contribution in [0, 0.1) is 5.92 Å². The van der Waals surface area contributed by atoms with Gasteiger partial charge in [0.1, 0.15) is 5.69 Å². The van der Waals surface area contributed by atoms with E-state index in [1.165, 1.54) is 0 Å². The number of nitrogens with one attached hydrogen (secondary N) is 1. The molecule has 114 valence electrons. The van der Waals surface area contributed by atoms with E-state index in [1.807, 2.05) is 15.7 Å². The van der Waals surface area contributed by atoms with Gasteiger partial charge in [0.2, 0.25) is 5.91 Å². The second-order valence-electron chi connectivity index (χ2n) is 5.98. The molecule has 1 aromatic heterocycles. The molecule has 0 atom stereocenters. The quantitative estimate of drug-likeness (QED) is 0.871. The van der Waals surface area contributed by atoms with Gasteiger partial charge in [-0.3, -0.25) is 9.59 Å². The third-order valence-electron chi connectivity index (χ3n) is 4.43. The summed E-state index contributed by atoms with van der Waals surface area (Å²) in [5.74, 6) is 0.140. The Morgan fingerprint density at radius 3 is 2.48 bits per heavy atom. The van der Waals surface area contributed by atoms with Gasteiger partial charge in [-0.15, -0.1) is 0 Å². The first-order valence-electron chi connectivity index (χ1n) is 7.58. The van der Waals surface area contributed by atoms with E-state index in [4.69, 9.17) is 5.73 Å². The predicted molar refractivity (Wildman–Crippen MR) is 79.8 cm³/mol. The van der Waals surface area contributed by atoms with E-state index in [1.54, 1.807) is 13.1 Å². The van der Waals surface area contributed by atoms with Gasteiger partial charge in [-0.25, -0.2) is 0 Å². The Kier molecular flexibility index (Phi) is 3.61. The van der Waals surface area contributed by atoms with Crippen molar-refractivity contribution in [3.05, 3.63) is 18.0 Å². The van der Waals surface area contributed by atoms with Gasteiger partial charge in [-0.05, 0) is 31.7 Å². The number of carbonyl (C=O) groups excluding carboxylic acids is 2. The number of aromatic nitrogens is 1. The van der Waals surface area contributed by atoms with Crippen LogP contribution in [0.15, 0.2) is 12.3 Å². The highest BCUT2D eigenvalue weighted by molar-refractivity contribution is 5.94. The molecule has 2 amide bonds. The van der Waals surface area contributed by atoms with Gasteiger partial charge in [0.25, 0.3) is 5.91 Å². The summed E-state index contributed by atoms with van der Waals surface area (Å²) in [7, 11) is 1.66. The molecule has 21 heavy (non-hydrogen) atoms. The number of anilines is 1. The molecular formula is C15H22N4O2. The Hall–Kier alpha value is -1.98. The number of hydrogen-bond donors (Lipinski definition) is 2. The van der Waals surface area contributed by atoms with Crippen LogP contribution in [0.3, 0.4) is 0 Å². The third kappa shape index (κ3) is 2.75. The normalized spacial score (nSPS) is 19.6. The minimum absolute atomic E-state index is 0.0272. The largest absolute Gasteiger partial charge is 0.397 e. The first-order chi connectivity index (χ1) is 10.1. The molecule has 3 N–H and O–H groups in total. The molecule has 6 heteroatoms. The van der Waals surface area contributed by atoms with Crippen molar-refractivity contribution in [1.82, 2.24) is 14.8 Å². The van der Waals surface area contributed by atoms with Crippen LogP contribution in [0.25, 0.3) is 0 Å². The molecule has 1 aliphatic carbocycles. The van der Waals surface area contributed by atoms with Gasteiger partial charge < -0.3 is 20.5 Å². The molecule has 2 fully saturated rings. The highest BCUT2D eigenvalue weighted by atomic mass is 16.2. The maximum atomic E-state index is 12.7. The van der Waals surface area contributed by atoms with Gasteiger partial charge in [0.05, 0.1) is 5.69 Å². The molecule has 0 unspecified atom stereocenters. The number of nitrogens with two attached hydrogens (primary N) is 1. The van der Waals surface area contributed by atoms with Crippen LogP contribution in [0.2, 0.25) is 0 Å². The molecule has 0 radical (unpaired) electrons. The van der Waals surface area contributed by atoms with Crippen LogP contribution in [-0.4, -0.2) is 41.4 Å². The van der Waals surface area contributed by atoms with Crippen LogP contribution >= 0.6 is 0 Å². The van der Waals surface area contributed by atoms with Gasteiger partial charge in [0.15, 0.2) is 0 Å². The predicted octanol–water partition coefficient (Wildman–Crippen LogP) is 1.00. The van der Waals surface area contributed by atoms with Crippen molar-refractivity contribution < 1.29 is 9.59 Å². The second-order valence-corrected chi connectivity index (χ2v) is 5.98. The van der Waals surface area contributed by atoms with Gasteiger partial charge in [0, 0.05) is 38.3 Å². The van der Waals surface area contributed by atoms with Crippen LogP contribution in [-0.2, 0) is 4.79 Å². The molecule has 3 rings (SSSR count). The standard InChI is InChI=1S/C15H22N4O2/c1-17-14(20)10-4-6-18(7-5-10)15(21)13-8-11(16)9-19(13)12-2-3-12/h8-10,12H,2-7,16H2,1H3,(H,17,20). The first-order valence-corrected chi connectivity index (χ1v) is 7.58. The fourth-order valence-electron chi connectivity index (χ4n) is 3.04. The van der Waals surface area contributed by atoms with E-state index in [-0.39, 0.29) is 17.7 Å². The number of carbonyl (C=O) groups is 2. The summed E-state index contributed by atoms with van der Waals surface area (Å²) in [6.45, 7) is 1.26. The topological polar surface area (TPSA) is 80.4 Å². The number of amides is 2. The molecule has 1 saturated heterocycles. The number of nitrogen functional groups attached to an aromatic ring is 1. The lowest BCUT2D eigenvalue weighted by molar-refractivity contribution is -0.125. The highest BCUT2D eigenvalue weighted by Gasteiger charge is 2.32. The van der Waals surface area contributed by atoms with Gasteiger partial charge in [-0.2, -0.15) is 0 Å². The summed E-state index contributed by atoms with van der Waals surface area (Å²) < 4.78 is 2.02. The molecule has 1 aliphatic heterocycles. The summed E-state index contributed by atoms with van der Waals surface area (Å²) >= 11 is 0. The molecule has 1 aromatic rings. The monoisotopic (exact) mass is 290 g/mol. The molecule has 6 nitrogen and oxygen atoms in total. The zero-order chi connectivity index (χ0) is 15.0. The molecule has 1 saturated carbocycles. The fraction of sp³-hybridized carbons (Fsp3) is 0.600. The Labute approximate surface area is 124 Å². The zero-order valence-corrected chi connectivity index (χ0v) is 12.3. The van der Waals surface area contributed by atoms with E-state index in [0.29, 0.717) is 30.5 Å². The smallest absolute Gasteiger partial charge is 0.270 e. The van der Waals surface area contributed by atoms with Crippen LogP contribution < -0.4 is 11.1 Å². The van der Waals surface area contributed by atoms with Crippen molar-refractivity contribution in [2.75, 3.05) is 25.9 Å². The number of nitrogens with zero attached hydrogens (tertiary/aromatic N) is 2. The van der Waals surface area contributed by atoms with E-state index < -0.39 is 0 Å². The SMILES string of the molecule is CNC(=O)C1CCN(C(=O)c2cc(N)cn2C2CC2)CC1. The Morgan fingerprint density at radius 1 is 1.24 bits per heavy atom. The summed E-state index contributed by atoms with van der Waals surface area (Å²) in [5.41, 5.74) is 7.18. The van der Waals surface area contributed by atoms with Crippen molar-refractivity contribution in [2.24, 2.45) is 5.92 Å². The average Bonchev–Trinajstić information content (AvgIpc) is 3.28. The number of likely N-dealkylation sites (tertiary alicyclic amines) is 1. The summed E-state index contributed by atoms with van der Waals surface area (Å²) in [6.07, 6.45) is 5.55. The fourth-order valence-corrected chi connectivity index (χ4v) is 3.04. The first kappa shape index (κ1) is 14.0. The Balaban J connectivity index is 1.68. The highest BCUT2D eigenvalue weighted by Crippen LogP contribution is 2.37. The van der Waals surface area contributed by atoms with Crippen molar-refractivity contribution in [2.45, 2.75) is 31.7 Å². The Bertz CT molecular complexity index is 554. The van der Waals surface area contributed by atoms with Crippen LogP contribution in [0.4, 0.5) is 5.69 Å². The number of hydrogen-bond acceptors (Lipinski definition) is 3. The molecular weight excluding hydrogens is 268 g/mol. The van der Waals surface area contributed by atoms with Gasteiger partial charge >= 0.3 is 0 Å². The van der Waals surface area contributed by atoms with Crippen molar-refractivity contribution in [1.29, 1.82) is 0 Å². The zero-order valence-electron chi connectivity index (χ0n) is 12.3. The van der Waals surface area contributed by atoms with Crippen LogP contribution in [0.5, 0.6) is 0 Å². The third-order valence-corrected chi connectivity index (χ3v) is 4.43. The maximum absolute atomic E-state index is 12.7. The Morgan fingerprint density at radius 2 is 1.90 bits per heavy atom. The summed E-state index contributed by atoms with van der Waals surface area (Å²) in [6, 6.07) is 2.20. The minimum Gasteiger partial charge on any atom is -0.397 e. The van der Waals surface area contributed by atoms with E-state index in [0.717, 1.165) is 25.7 Å². The van der Waals surface area contributed by atoms with E-state index >= 15 is 0 Å². The lowest BCUT2D eigenvalue weighted by Crippen LogP contribution is -2.42. The molecule has 2 heterocycles. The van der Waals surface area contributed by atoms with Crippen LogP contribution in [0.1, 0.15) is 42.2 Å². The summed E-state index contributed by atoms with van der Waals surface area (Å²) in [5, 5.41) is 2.68. The molecule has 0 spiro atoms. The van der Waals surface area contributed by atoms with Crippen molar-refractivity contribution >= 4 is 17.5 Å². The van der Waals surface area contributed by atoms with Crippen molar-refractivity contribution in [3.8, 4) is 0 Å². The van der Waals surface area contributed by atoms with Gasteiger partial charge in [-0.1, -0.05) is 0 Å². The number of piperidine rings is 1. The lowest BCUT2D eigenvalue weighted by Gasteiger charge is -2.31. The maximum Gasteiger partial charge on any atom is 0.270 e. The molecule has 0 bridgehead atoms.